The molecule has 0 atom stereocenters. The molecule has 6 nitrogen and oxygen atoms in total. The molecule has 0 spiro atoms. The first-order chi connectivity index (χ1) is 14.4. The zero-order valence-corrected chi connectivity index (χ0v) is 17.5. The van der Waals surface area contributed by atoms with Crippen LogP contribution in [0.5, 0.6) is 0 Å². The number of carbonyl (C=O) groups excluding carboxylic acids is 3. The van der Waals surface area contributed by atoms with Crippen molar-refractivity contribution in [2.24, 2.45) is 0 Å². The van der Waals surface area contributed by atoms with Crippen molar-refractivity contribution in [3.63, 3.8) is 0 Å². The van der Waals surface area contributed by atoms with Crippen LogP contribution in [0.2, 0.25) is 0 Å². The van der Waals surface area contributed by atoms with Crippen LogP contribution in [-0.2, 0) is 0 Å². The van der Waals surface area contributed by atoms with E-state index in [1.54, 1.807) is 23.6 Å². The summed E-state index contributed by atoms with van der Waals surface area (Å²) in [6.07, 6.45) is 0. The lowest BCUT2D eigenvalue weighted by atomic mass is 10.0. The molecule has 0 radical (unpaired) electrons. The van der Waals surface area contributed by atoms with E-state index >= 15 is 0 Å². The minimum Gasteiger partial charge on any atom is -0.354 e. The van der Waals surface area contributed by atoms with Gasteiger partial charge < -0.3 is 14.8 Å². The van der Waals surface area contributed by atoms with Crippen molar-refractivity contribution in [1.29, 1.82) is 0 Å². The molecule has 2 aromatic carbocycles. The summed E-state index contributed by atoms with van der Waals surface area (Å²) in [7, 11) is 0. The van der Waals surface area contributed by atoms with Crippen molar-refractivity contribution in [3.05, 3.63) is 70.5 Å². The third-order valence-electron chi connectivity index (χ3n) is 5.88. The third-order valence-corrected chi connectivity index (χ3v) is 5.88. The number of benzene rings is 2. The number of rotatable bonds is 3. The number of hydrogen-bond acceptors (Lipinski definition) is 3. The van der Waals surface area contributed by atoms with Gasteiger partial charge in [0.2, 0.25) is 0 Å². The second-order valence-corrected chi connectivity index (χ2v) is 7.79. The largest absolute Gasteiger partial charge is 0.354 e. The van der Waals surface area contributed by atoms with E-state index in [0.29, 0.717) is 54.3 Å². The fourth-order valence-corrected chi connectivity index (χ4v) is 4.34. The molecule has 1 N–H and O–H groups in total. The van der Waals surface area contributed by atoms with Crippen molar-refractivity contribution >= 4 is 28.4 Å². The fourth-order valence-electron chi connectivity index (χ4n) is 4.34. The van der Waals surface area contributed by atoms with Gasteiger partial charge in [-0.2, -0.15) is 0 Å². The summed E-state index contributed by atoms with van der Waals surface area (Å²) in [5.41, 5.74) is 3.15. The Hall–Kier alpha value is -3.41. The number of H-pyrrole nitrogens is 1. The zero-order valence-electron chi connectivity index (χ0n) is 17.5. The van der Waals surface area contributed by atoms with E-state index in [2.05, 4.69) is 4.98 Å². The number of piperazine rings is 1. The highest BCUT2D eigenvalue weighted by atomic mass is 16.2. The number of nitrogens with one attached hydrogen (secondary N) is 1. The van der Waals surface area contributed by atoms with E-state index in [-0.39, 0.29) is 17.6 Å². The smallest absolute Gasteiger partial charge is 0.270 e. The van der Waals surface area contributed by atoms with E-state index in [1.807, 2.05) is 42.5 Å². The van der Waals surface area contributed by atoms with Crippen molar-refractivity contribution in [2.45, 2.75) is 20.8 Å². The lowest BCUT2D eigenvalue weighted by Crippen LogP contribution is -2.50. The Kier molecular flexibility index (Phi) is 5.16. The Bertz CT molecular complexity index is 1150. The van der Waals surface area contributed by atoms with Gasteiger partial charge in [0.05, 0.1) is 0 Å². The van der Waals surface area contributed by atoms with Gasteiger partial charge in [0.15, 0.2) is 5.78 Å². The summed E-state index contributed by atoms with van der Waals surface area (Å²) >= 11 is 0. The predicted molar refractivity (Wildman–Crippen MR) is 116 cm³/mol. The number of amides is 2. The van der Waals surface area contributed by atoms with Crippen LogP contribution in [0.15, 0.2) is 42.5 Å². The quantitative estimate of drug-likeness (QED) is 0.680. The molecule has 30 heavy (non-hydrogen) atoms. The summed E-state index contributed by atoms with van der Waals surface area (Å²) in [4.78, 5) is 44.6. The maximum atomic E-state index is 13.1. The highest BCUT2D eigenvalue weighted by molar-refractivity contribution is 6.07. The number of Topliss-reactive ketones (excluding diaryl/α,β-unsaturated/α-hetero) is 1. The number of aryl methyl sites for hydroxylation is 1. The Labute approximate surface area is 175 Å². The molecule has 6 heteroatoms. The number of nitrogens with zero attached hydrogens (tertiary/aromatic N) is 2. The normalized spacial score (nSPS) is 14.2. The predicted octanol–water partition coefficient (Wildman–Crippen LogP) is 3.59. The molecule has 1 aliphatic heterocycles. The number of ketones is 1. The van der Waals surface area contributed by atoms with Crippen molar-refractivity contribution in [3.8, 4) is 0 Å². The Morgan fingerprint density at radius 2 is 1.43 bits per heavy atom. The topological polar surface area (TPSA) is 73.5 Å². The average molecular weight is 403 g/mol. The highest BCUT2D eigenvalue weighted by Gasteiger charge is 2.29. The highest BCUT2D eigenvalue weighted by Crippen LogP contribution is 2.23. The average Bonchev–Trinajstić information content (AvgIpc) is 3.06. The molecular weight excluding hydrogens is 378 g/mol. The summed E-state index contributed by atoms with van der Waals surface area (Å²) in [6.45, 7) is 6.99. The number of hydrogen-bond donors (Lipinski definition) is 1. The first-order valence-electron chi connectivity index (χ1n) is 10.1. The van der Waals surface area contributed by atoms with Crippen LogP contribution in [0.4, 0.5) is 0 Å². The fraction of sp³-hybridized carbons (Fsp3) is 0.292. The van der Waals surface area contributed by atoms with Crippen molar-refractivity contribution in [2.75, 3.05) is 26.2 Å². The van der Waals surface area contributed by atoms with Gasteiger partial charge in [0.25, 0.3) is 11.8 Å². The van der Waals surface area contributed by atoms with Crippen LogP contribution in [0, 0.1) is 13.8 Å². The molecule has 2 heterocycles. The van der Waals surface area contributed by atoms with Crippen LogP contribution in [-0.4, -0.2) is 58.6 Å². The maximum absolute atomic E-state index is 13.1. The van der Waals surface area contributed by atoms with Crippen LogP contribution in [0.25, 0.3) is 10.8 Å². The number of aromatic nitrogens is 1. The van der Waals surface area contributed by atoms with Gasteiger partial charge in [0, 0.05) is 43.0 Å². The van der Waals surface area contributed by atoms with E-state index in [4.69, 9.17) is 0 Å². The molecule has 1 aromatic heterocycles. The molecule has 2 amide bonds. The van der Waals surface area contributed by atoms with E-state index < -0.39 is 0 Å². The zero-order chi connectivity index (χ0) is 21.4. The SMILES string of the molecule is CC(=O)c1c(C)[nH]c(C(=O)N2CCN(C(=O)c3cccc4ccccc34)CC2)c1C. The van der Waals surface area contributed by atoms with E-state index in [0.717, 1.165) is 10.8 Å². The monoisotopic (exact) mass is 403 g/mol. The van der Waals surface area contributed by atoms with Gasteiger partial charge in [-0.3, -0.25) is 14.4 Å². The first kappa shape index (κ1) is 19.9. The molecule has 1 saturated heterocycles. The molecule has 154 valence electrons. The lowest BCUT2D eigenvalue weighted by molar-refractivity contribution is 0.0533. The van der Waals surface area contributed by atoms with E-state index in [1.165, 1.54) is 6.92 Å². The molecule has 3 aromatic rings. The first-order valence-corrected chi connectivity index (χ1v) is 10.1. The van der Waals surface area contributed by atoms with Crippen LogP contribution < -0.4 is 0 Å². The van der Waals surface area contributed by atoms with Gasteiger partial charge in [0.1, 0.15) is 5.69 Å². The second-order valence-electron chi connectivity index (χ2n) is 7.79. The summed E-state index contributed by atoms with van der Waals surface area (Å²) in [5, 5.41) is 1.98. The van der Waals surface area contributed by atoms with Gasteiger partial charge in [-0.15, -0.1) is 0 Å². The molecule has 0 bridgehead atoms. The Morgan fingerprint density at radius 3 is 2.07 bits per heavy atom. The molecule has 0 unspecified atom stereocenters. The molecular formula is C24H25N3O3. The number of carbonyl (C=O) groups is 3. The summed E-state index contributed by atoms with van der Waals surface area (Å²) in [5.74, 6) is -0.184. The molecule has 4 rings (SSSR count). The van der Waals surface area contributed by atoms with Crippen molar-refractivity contribution in [1.82, 2.24) is 14.8 Å². The maximum Gasteiger partial charge on any atom is 0.270 e. The van der Waals surface area contributed by atoms with Gasteiger partial charge in [-0.25, -0.2) is 0 Å². The lowest BCUT2D eigenvalue weighted by Gasteiger charge is -2.35. The second kappa shape index (κ2) is 7.78. The molecule has 1 aliphatic rings. The molecule has 0 saturated carbocycles. The third kappa shape index (κ3) is 3.38. The number of aromatic amines is 1. The molecule has 0 aliphatic carbocycles. The Balaban J connectivity index is 1.49. The minimum atomic E-state index is -0.125. The van der Waals surface area contributed by atoms with Crippen molar-refractivity contribution < 1.29 is 14.4 Å². The summed E-state index contributed by atoms with van der Waals surface area (Å²) < 4.78 is 0. The van der Waals surface area contributed by atoms with Crippen LogP contribution in [0.3, 0.4) is 0 Å². The van der Waals surface area contributed by atoms with E-state index in [9.17, 15) is 14.4 Å². The van der Waals surface area contributed by atoms with Crippen LogP contribution in [0.1, 0.15) is 49.4 Å². The molecule has 1 fully saturated rings. The van der Waals surface area contributed by atoms with Gasteiger partial charge >= 0.3 is 0 Å². The standard InChI is InChI=1S/C24H25N3O3/c1-15-21(17(3)28)16(2)25-22(15)24(30)27-13-11-26(12-14-27)23(29)20-10-6-8-18-7-4-5-9-19(18)20/h4-10,25H,11-14H2,1-3H3. The Morgan fingerprint density at radius 1 is 0.833 bits per heavy atom. The number of fused-ring (bicyclic) bond motifs is 1. The van der Waals surface area contributed by atoms with Gasteiger partial charge in [-0.1, -0.05) is 36.4 Å². The summed E-state index contributed by atoms with van der Waals surface area (Å²) in [6, 6.07) is 13.6. The minimum absolute atomic E-state index is 0.00957. The van der Waals surface area contributed by atoms with Crippen LogP contribution >= 0.6 is 0 Å². The van der Waals surface area contributed by atoms with Gasteiger partial charge in [-0.05, 0) is 43.2 Å².